The predicted molar refractivity (Wildman–Crippen MR) is 158 cm³/mol. The molecule has 1 atom stereocenters. The Morgan fingerprint density at radius 2 is 1.67 bits per heavy atom. The minimum atomic E-state index is -5.89. The summed E-state index contributed by atoms with van der Waals surface area (Å²) in [6, 6.07) is 10.9. The highest BCUT2D eigenvalue weighted by Crippen LogP contribution is 2.42. The van der Waals surface area contributed by atoms with Crippen LogP contribution in [0, 0.1) is 19.8 Å². The van der Waals surface area contributed by atoms with Crippen LogP contribution in [0.5, 0.6) is 5.88 Å². The van der Waals surface area contributed by atoms with Gasteiger partial charge in [-0.3, -0.25) is 4.79 Å². The van der Waals surface area contributed by atoms with E-state index in [0.717, 1.165) is 16.7 Å². The maximum atomic E-state index is 14.1. The quantitative estimate of drug-likeness (QED) is 0.298. The summed E-state index contributed by atoms with van der Waals surface area (Å²) < 4.78 is 105. The van der Waals surface area contributed by atoms with Crippen LogP contribution in [0.3, 0.4) is 0 Å². The second-order valence-corrected chi connectivity index (χ2v) is 13.7. The van der Waals surface area contributed by atoms with E-state index in [1.807, 2.05) is 45.9 Å². The number of nitrogens with zero attached hydrogens (tertiary/aromatic N) is 3. The van der Waals surface area contributed by atoms with Gasteiger partial charge in [0.15, 0.2) is 0 Å². The number of ether oxygens (including phenoxy) is 2. The number of nitrogens with one attached hydrogen (secondary N) is 1. The average molecular weight is 669 g/mol. The van der Waals surface area contributed by atoms with Crippen LogP contribution in [0.15, 0.2) is 53.4 Å². The maximum Gasteiger partial charge on any atom is 0.482 e. The minimum Gasteiger partial charge on any atom is -0.475 e. The average Bonchev–Trinajstić information content (AvgIpc) is 2.93. The first-order valence-corrected chi connectivity index (χ1v) is 16.1. The van der Waals surface area contributed by atoms with Crippen molar-refractivity contribution in [2.45, 2.75) is 82.3 Å². The van der Waals surface area contributed by atoms with Gasteiger partial charge in [-0.2, -0.15) is 26.9 Å². The molecule has 0 spiro atoms. The Hall–Kier alpha value is -3.85. The lowest BCUT2D eigenvalue weighted by Crippen LogP contribution is -2.58. The third-order valence-corrected chi connectivity index (χ3v) is 9.29. The number of carbonyl (C=O) groups is 1. The van der Waals surface area contributed by atoms with Crippen LogP contribution in [0.4, 0.5) is 27.9 Å². The van der Waals surface area contributed by atoms with Crippen LogP contribution < -0.4 is 9.46 Å². The van der Waals surface area contributed by atoms with E-state index in [-0.39, 0.29) is 47.7 Å². The zero-order valence-corrected chi connectivity index (χ0v) is 26.3. The van der Waals surface area contributed by atoms with Crippen molar-refractivity contribution in [3.63, 3.8) is 0 Å². The molecule has 1 aliphatic carbocycles. The highest BCUT2D eigenvalue weighted by atomic mass is 32.2. The minimum absolute atomic E-state index is 0.000729. The molecule has 2 heterocycles. The monoisotopic (exact) mass is 668 g/mol. The van der Waals surface area contributed by atoms with E-state index in [1.54, 1.807) is 6.07 Å². The molecule has 15 heteroatoms. The third-order valence-electron chi connectivity index (χ3n) is 7.96. The van der Waals surface area contributed by atoms with Crippen LogP contribution in [0.1, 0.15) is 54.6 Å². The summed E-state index contributed by atoms with van der Waals surface area (Å²) >= 11 is 0. The molecule has 1 amide bonds. The van der Waals surface area contributed by atoms with Crippen molar-refractivity contribution in [1.82, 2.24) is 14.9 Å². The van der Waals surface area contributed by atoms with Crippen LogP contribution in [-0.4, -0.2) is 66.3 Å². The Balaban J connectivity index is 1.57. The van der Waals surface area contributed by atoms with E-state index in [4.69, 9.17) is 4.74 Å². The molecule has 2 aliphatic rings. The van der Waals surface area contributed by atoms with E-state index in [1.165, 1.54) is 29.2 Å². The van der Waals surface area contributed by atoms with Gasteiger partial charge in [0, 0.05) is 23.2 Å². The van der Waals surface area contributed by atoms with Gasteiger partial charge in [-0.15, -0.1) is 0 Å². The molecule has 1 aromatic heterocycles. The Morgan fingerprint density at radius 1 is 1.02 bits per heavy atom. The topological polar surface area (TPSA) is 111 Å². The lowest BCUT2D eigenvalue weighted by atomic mass is 9.85. The van der Waals surface area contributed by atoms with Gasteiger partial charge in [-0.05, 0) is 68.4 Å². The zero-order chi connectivity index (χ0) is 33.6. The standard InChI is InChI=1S/C31H33F5N4O5S/c1-17(2)11-22-16-44-26-15-25(27-18(3)7-5-8-19(27)4)37-29(38-26)39-46(42,43)24-10-6-9-20(12-24)28(41)40(22)21-13-23(14-21)45-31(35,36)30(32,33)34/h5-10,12,15,17,21-23H,11,13-14,16H2,1-4H3,(H,37,38,39)/t21-,22-,23-/m1/s1. The molecule has 9 nitrogen and oxygen atoms in total. The van der Waals surface area contributed by atoms with Crippen molar-refractivity contribution >= 4 is 21.9 Å². The molecule has 1 N–H and O–H groups in total. The molecule has 0 unspecified atom stereocenters. The van der Waals surface area contributed by atoms with Crippen molar-refractivity contribution in [2.24, 2.45) is 5.92 Å². The Kier molecular flexibility index (Phi) is 9.03. The molecule has 0 radical (unpaired) electrons. The first-order chi connectivity index (χ1) is 21.4. The first-order valence-electron chi connectivity index (χ1n) is 14.6. The van der Waals surface area contributed by atoms with Crippen molar-refractivity contribution in [1.29, 1.82) is 0 Å². The smallest absolute Gasteiger partial charge is 0.475 e. The van der Waals surface area contributed by atoms with E-state index in [2.05, 4.69) is 19.4 Å². The lowest BCUT2D eigenvalue weighted by molar-refractivity contribution is -0.408. The van der Waals surface area contributed by atoms with Gasteiger partial charge in [-0.1, -0.05) is 38.1 Å². The summed E-state index contributed by atoms with van der Waals surface area (Å²) in [6.07, 6.45) is -12.9. The number of aromatic nitrogens is 2. The molecule has 248 valence electrons. The Labute approximate surface area is 263 Å². The van der Waals surface area contributed by atoms with Gasteiger partial charge in [0.2, 0.25) is 11.8 Å². The zero-order valence-electron chi connectivity index (χ0n) is 25.4. The number of sulfonamides is 1. The first kappa shape index (κ1) is 33.5. The van der Waals surface area contributed by atoms with Gasteiger partial charge in [0.25, 0.3) is 15.9 Å². The third kappa shape index (κ3) is 6.94. The van der Waals surface area contributed by atoms with Gasteiger partial charge >= 0.3 is 12.3 Å². The number of aryl methyl sites for hydroxylation is 2. The van der Waals surface area contributed by atoms with Crippen molar-refractivity contribution in [3.8, 4) is 17.1 Å². The summed E-state index contributed by atoms with van der Waals surface area (Å²) in [5.74, 6) is -0.878. The molecular weight excluding hydrogens is 635 g/mol. The number of anilines is 1. The fourth-order valence-corrected chi connectivity index (χ4v) is 6.76. The van der Waals surface area contributed by atoms with Gasteiger partial charge < -0.3 is 14.4 Å². The van der Waals surface area contributed by atoms with Gasteiger partial charge in [-0.25, -0.2) is 18.1 Å². The summed E-state index contributed by atoms with van der Waals surface area (Å²) in [6.45, 7) is 7.43. The molecule has 1 aliphatic heterocycles. The fraction of sp³-hybridized carbons (Fsp3) is 0.452. The predicted octanol–water partition coefficient (Wildman–Crippen LogP) is 6.51. The van der Waals surface area contributed by atoms with Gasteiger partial charge in [0.05, 0.1) is 22.7 Å². The molecule has 4 bridgehead atoms. The lowest BCUT2D eigenvalue weighted by Gasteiger charge is -2.47. The molecule has 0 saturated heterocycles. The number of alkyl halides is 5. The Morgan fingerprint density at radius 3 is 2.30 bits per heavy atom. The number of hydrogen-bond acceptors (Lipinski definition) is 7. The number of rotatable bonds is 6. The number of fused-ring (bicyclic) bond motifs is 4. The van der Waals surface area contributed by atoms with Crippen LogP contribution in [0.2, 0.25) is 0 Å². The SMILES string of the molecule is Cc1cccc(C)c1-c1cc2nc(n1)NS(=O)(=O)c1cccc(c1)C(=O)N([C@H]1C[C@H](OC(F)(F)C(F)(F)F)C1)[C@H](CC(C)C)CO2. The molecule has 3 aromatic rings. The van der Waals surface area contributed by atoms with Crippen molar-refractivity contribution in [3.05, 3.63) is 65.2 Å². The van der Waals surface area contributed by atoms with Crippen LogP contribution >= 0.6 is 0 Å². The van der Waals surface area contributed by atoms with Crippen molar-refractivity contribution in [2.75, 3.05) is 11.3 Å². The van der Waals surface area contributed by atoms with E-state index >= 15 is 0 Å². The van der Waals surface area contributed by atoms with Crippen LogP contribution in [-0.2, 0) is 14.8 Å². The number of benzene rings is 2. The number of halogens is 5. The summed E-state index contributed by atoms with van der Waals surface area (Å²) in [4.78, 5) is 23.9. The second kappa shape index (κ2) is 12.4. The summed E-state index contributed by atoms with van der Waals surface area (Å²) in [7, 11) is -4.32. The fourth-order valence-electron chi connectivity index (χ4n) is 5.77. The molecule has 2 aromatic carbocycles. The van der Waals surface area contributed by atoms with Crippen LogP contribution in [0.25, 0.3) is 11.3 Å². The van der Waals surface area contributed by atoms with E-state index in [9.17, 15) is 35.2 Å². The maximum absolute atomic E-state index is 14.1. The number of carbonyl (C=O) groups excluding carboxylic acids is 1. The van der Waals surface area contributed by atoms with Crippen molar-refractivity contribution < 1.29 is 44.6 Å². The van der Waals surface area contributed by atoms with Gasteiger partial charge in [0.1, 0.15) is 6.61 Å². The van der Waals surface area contributed by atoms with E-state index in [0.29, 0.717) is 12.1 Å². The molecular formula is C31H33F5N4O5S. The number of hydrogen-bond donors (Lipinski definition) is 1. The molecule has 46 heavy (non-hydrogen) atoms. The molecule has 1 fully saturated rings. The highest BCUT2D eigenvalue weighted by molar-refractivity contribution is 7.92. The molecule has 5 rings (SSSR count). The second-order valence-electron chi connectivity index (χ2n) is 12.0. The molecule has 1 saturated carbocycles. The normalized spacial score (nSPS) is 21.7. The summed E-state index contributed by atoms with van der Waals surface area (Å²) in [5, 5.41) is 0. The Bertz CT molecular complexity index is 1710. The summed E-state index contributed by atoms with van der Waals surface area (Å²) in [5.41, 5.74) is 2.85. The van der Waals surface area contributed by atoms with E-state index < -0.39 is 46.4 Å². The number of amides is 1. The largest absolute Gasteiger partial charge is 0.482 e. The highest BCUT2D eigenvalue weighted by Gasteiger charge is 2.61.